The zero-order chi connectivity index (χ0) is 14.8. The number of hydrogen-bond acceptors (Lipinski definition) is 3. The van der Waals surface area contributed by atoms with Gasteiger partial charge in [-0.05, 0) is 31.0 Å². The first-order valence-corrected chi connectivity index (χ1v) is 7.71. The van der Waals surface area contributed by atoms with E-state index in [0.29, 0.717) is 6.04 Å². The summed E-state index contributed by atoms with van der Waals surface area (Å²) in [7, 11) is 3.78. The summed E-state index contributed by atoms with van der Waals surface area (Å²) in [6.45, 7) is 8.27. The van der Waals surface area contributed by atoms with E-state index in [-0.39, 0.29) is 0 Å². The van der Waals surface area contributed by atoms with Gasteiger partial charge in [0.2, 0.25) is 0 Å². The minimum absolute atomic E-state index is 0.632. The maximum absolute atomic E-state index is 5.27. The molecule has 0 unspecified atom stereocenters. The van der Waals surface area contributed by atoms with Crippen LogP contribution in [0.3, 0.4) is 0 Å². The van der Waals surface area contributed by atoms with Gasteiger partial charge < -0.3 is 10.1 Å². The maximum atomic E-state index is 5.27. The van der Waals surface area contributed by atoms with Crippen molar-refractivity contribution >= 4 is 0 Å². The van der Waals surface area contributed by atoms with Crippen molar-refractivity contribution in [3.63, 3.8) is 0 Å². The summed E-state index contributed by atoms with van der Waals surface area (Å²) in [5.41, 5.74) is 2.81. The van der Waals surface area contributed by atoms with Crippen LogP contribution in [0.2, 0.25) is 0 Å². The van der Waals surface area contributed by atoms with Gasteiger partial charge in [0, 0.05) is 32.8 Å². The van der Waals surface area contributed by atoms with Crippen molar-refractivity contribution in [2.24, 2.45) is 0 Å². The highest BCUT2D eigenvalue weighted by atomic mass is 16.5. The zero-order valence-corrected chi connectivity index (χ0v) is 13.5. The van der Waals surface area contributed by atoms with Gasteiger partial charge in [-0.25, -0.2) is 0 Å². The molecule has 0 aliphatic rings. The van der Waals surface area contributed by atoms with Crippen molar-refractivity contribution in [3.05, 3.63) is 35.4 Å². The predicted molar refractivity (Wildman–Crippen MR) is 85.9 cm³/mol. The summed E-state index contributed by atoms with van der Waals surface area (Å²) in [5.74, 6) is 0. The largest absolute Gasteiger partial charge is 0.383 e. The maximum Gasteiger partial charge on any atom is 0.0589 e. The minimum Gasteiger partial charge on any atom is -0.383 e. The molecule has 3 heteroatoms. The van der Waals surface area contributed by atoms with Gasteiger partial charge in [-0.3, -0.25) is 4.90 Å². The van der Waals surface area contributed by atoms with Crippen LogP contribution in [0.15, 0.2) is 24.3 Å². The summed E-state index contributed by atoms with van der Waals surface area (Å²) < 4.78 is 5.27. The molecule has 1 N–H and O–H groups in total. The molecule has 1 aromatic carbocycles. The molecule has 20 heavy (non-hydrogen) atoms. The Bertz CT molecular complexity index is 364. The quantitative estimate of drug-likeness (QED) is 0.712. The fourth-order valence-electron chi connectivity index (χ4n) is 2.70. The number of rotatable bonds is 10. The Kier molecular flexibility index (Phi) is 8.51. The van der Waals surface area contributed by atoms with Gasteiger partial charge in [0.15, 0.2) is 0 Å². The van der Waals surface area contributed by atoms with Crippen LogP contribution in [0.5, 0.6) is 0 Å². The Balaban J connectivity index is 2.82. The Morgan fingerprint density at radius 1 is 1.15 bits per heavy atom. The van der Waals surface area contributed by atoms with Gasteiger partial charge in [0.05, 0.1) is 6.61 Å². The summed E-state index contributed by atoms with van der Waals surface area (Å²) in [5, 5.41) is 3.25. The van der Waals surface area contributed by atoms with E-state index in [0.717, 1.165) is 26.2 Å². The Morgan fingerprint density at radius 2 is 1.80 bits per heavy atom. The fraction of sp³-hybridized carbons (Fsp3) is 0.647. The third-order valence-electron chi connectivity index (χ3n) is 3.90. The standard InChI is InChI=1S/C17H30N2O/c1-5-17(6-2)19(11-12-20-4)14-16-10-8-7-9-15(16)13-18-3/h7-10,17-18H,5-6,11-14H2,1-4H3. The average molecular weight is 278 g/mol. The summed E-state index contributed by atoms with van der Waals surface area (Å²) in [4.78, 5) is 2.55. The number of ether oxygens (including phenoxy) is 1. The molecule has 0 amide bonds. The molecule has 114 valence electrons. The first-order chi connectivity index (χ1) is 9.76. The molecule has 0 spiro atoms. The Hall–Kier alpha value is -0.900. The Morgan fingerprint density at radius 3 is 2.35 bits per heavy atom. The van der Waals surface area contributed by atoms with Crippen molar-refractivity contribution in [3.8, 4) is 0 Å². The van der Waals surface area contributed by atoms with Crippen LogP contribution in [0.1, 0.15) is 37.8 Å². The number of benzene rings is 1. The highest BCUT2D eigenvalue weighted by molar-refractivity contribution is 5.27. The second-order valence-corrected chi connectivity index (χ2v) is 5.23. The Labute approximate surface area is 124 Å². The van der Waals surface area contributed by atoms with Gasteiger partial charge in [-0.15, -0.1) is 0 Å². The van der Waals surface area contributed by atoms with Gasteiger partial charge in [0.25, 0.3) is 0 Å². The monoisotopic (exact) mass is 278 g/mol. The van der Waals surface area contributed by atoms with E-state index in [9.17, 15) is 0 Å². The van der Waals surface area contributed by atoms with E-state index in [4.69, 9.17) is 4.74 Å². The van der Waals surface area contributed by atoms with Crippen LogP contribution in [0, 0.1) is 0 Å². The highest BCUT2D eigenvalue weighted by Gasteiger charge is 2.16. The molecule has 0 aliphatic heterocycles. The van der Waals surface area contributed by atoms with E-state index in [1.165, 1.54) is 24.0 Å². The number of nitrogens with zero attached hydrogens (tertiary/aromatic N) is 1. The minimum atomic E-state index is 0.632. The average Bonchev–Trinajstić information content (AvgIpc) is 2.48. The van der Waals surface area contributed by atoms with Crippen LogP contribution < -0.4 is 5.32 Å². The molecule has 0 atom stereocenters. The molecule has 0 bridgehead atoms. The van der Waals surface area contributed by atoms with E-state index < -0.39 is 0 Å². The summed E-state index contributed by atoms with van der Waals surface area (Å²) in [6.07, 6.45) is 2.38. The molecule has 0 fully saturated rings. The molecule has 3 nitrogen and oxygen atoms in total. The molecule has 0 aromatic heterocycles. The van der Waals surface area contributed by atoms with Crippen molar-refractivity contribution in [1.29, 1.82) is 0 Å². The molecule has 1 rings (SSSR count). The van der Waals surface area contributed by atoms with Crippen molar-refractivity contribution in [1.82, 2.24) is 10.2 Å². The normalized spacial score (nSPS) is 11.5. The van der Waals surface area contributed by atoms with Crippen LogP contribution in [0.25, 0.3) is 0 Å². The second-order valence-electron chi connectivity index (χ2n) is 5.23. The van der Waals surface area contributed by atoms with Gasteiger partial charge >= 0.3 is 0 Å². The number of hydrogen-bond donors (Lipinski definition) is 1. The molecule has 0 aliphatic carbocycles. The smallest absolute Gasteiger partial charge is 0.0589 e. The predicted octanol–water partition coefficient (Wildman–Crippen LogP) is 3.04. The van der Waals surface area contributed by atoms with E-state index in [2.05, 4.69) is 48.3 Å². The molecular formula is C17H30N2O. The molecule has 0 saturated heterocycles. The molecular weight excluding hydrogens is 248 g/mol. The van der Waals surface area contributed by atoms with E-state index in [1.54, 1.807) is 7.11 Å². The molecule has 0 heterocycles. The molecule has 0 radical (unpaired) electrons. The lowest BCUT2D eigenvalue weighted by atomic mass is 10.0. The van der Waals surface area contributed by atoms with Crippen molar-refractivity contribution in [2.45, 2.75) is 45.8 Å². The van der Waals surface area contributed by atoms with Crippen LogP contribution in [-0.4, -0.2) is 38.3 Å². The van der Waals surface area contributed by atoms with E-state index >= 15 is 0 Å². The lowest BCUT2D eigenvalue weighted by molar-refractivity contribution is 0.110. The van der Waals surface area contributed by atoms with Crippen molar-refractivity contribution in [2.75, 3.05) is 27.3 Å². The van der Waals surface area contributed by atoms with Crippen LogP contribution >= 0.6 is 0 Å². The molecule has 0 saturated carbocycles. The second kappa shape index (κ2) is 9.92. The first kappa shape index (κ1) is 17.2. The lowest BCUT2D eigenvalue weighted by Gasteiger charge is -2.31. The first-order valence-electron chi connectivity index (χ1n) is 7.71. The van der Waals surface area contributed by atoms with E-state index in [1.807, 2.05) is 7.05 Å². The zero-order valence-electron chi connectivity index (χ0n) is 13.5. The third-order valence-corrected chi connectivity index (χ3v) is 3.90. The number of nitrogens with one attached hydrogen (secondary N) is 1. The van der Waals surface area contributed by atoms with Gasteiger partial charge in [-0.2, -0.15) is 0 Å². The third kappa shape index (κ3) is 5.23. The fourth-order valence-corrected chi connectivity index (χ4v) is 2.70. The van der Waals surface area contributed by atoms with Crippen molar-refractivity contribution < 1.29 is 4.74 Å². The summed E-state index contributed by atoms with van der Waals surface area (Å²) >= 11 is 0. The SMILES string of the molecule is CCC(CC)N(CCOC)Cc1ccccc1CNC. The molecule has 1 aromatic rings. The number of methoxy groups -OCH3 is 1. The van der Waals surface area contributed by atoms with Gasteiger partial charge in [-0.1, -0.05) is 38.1 Å². The highest BCUT2D eigenvalue weighted by Crippen LogP contribution is 2.16. The lowest BCUT2D eigenvalue weighted by Crippen LogP contribution is -2.36. The summed E-state index contributed by atoms with van der Waals surface area (Å²) in [6, 6.07) is 9.35. The van der Waals surface area contributed by atoms with Crippen LogP contribution in [-0.2, 0) is 17.8 Å². The van der Waals surface area contributed by atoms with Gasteiger partial charge in [0.1, 0.15) is 0 Å². The topological polar surface area (TPSA) is 24.5 Å². The van der Waals surface area contributed by atoms with Crippen LogP contribution in [0.4, 0.5) is 0 Å².